The van der Waals surface area contributed by atoms with Crippen molar-refractivity contribution < 1.29 is 49.5 Å². The van der Waals surface area contributed by atoms with Gasteiger partial charge in [-0.1, -0.05) is 0 Å². The molecular weight excluding hydrogens is 258 g/mol. The first-order valence-electron chi connectivity index (χ1n) is 3.15. The Labute approximate surface area is 96.2 Å². The Balaban J connectivity index is 0. The Morgan fingerprint density at radius 1 is 1.27 bits per heavy atom. The molecule has 0 amide bonds. The predicted molar refractivity (Wildman–Crippen MR) is 35.9 cm³/mol. The van der Waals surface area contributed by atoms with Crippen LogP contribution in [0.25, 0.3) is 0 Å². The van der Waals surface area contributed by atoms with Crippen molar-refractivity contribution in [2.45, 2.75) is 23.9 Å². The molecule has 0 bridgehead atoms. The minimum absolute atomic E-state index is 0. The standard InChI is InChI=1S/C8H11.2ClH.Zr/c1-6-4-7(2)8(3)5-6;;;/h4-5H,1-3H3;2*1H;/q;;;+2/p-2. The minimum atomic E-state index is 0. The van der Waals surface area contributed by atoms with E-state index in [2.05, 4.69) is 32.9 Å². The van der Waals surface area contributed by atoms with Crippen LogP contribution in [-0.4, -0.2) is 0 Å². The van der Waals surface area contributed by atoms with Gasteiger partial charge in [-0.3, -0.25) is 0 Å². The molecule has 3 heteroatoms. The van der Waals surface area contributed by atoms with Crippen molar-refractivity contribution in [2.75, 3.05) is 0 Å². The maximum absolute atomic E-state index is 2.35. The summed E-state index contributed by atoms with van der Waals surface area (Å²) in [7, 11) is 0. The molecule has 0 radical (unpaired) electrons. The van der Waals surface area contributed by atoms with Crippen LogP contribution < -0.4 is 24.8 Å². The van der Waals surface area contributed by atoms with Crippen LogP contribution in [0.15, 0.2) is 23.3 Å². The second-order valence-electron chi connectivity index (χ2n) is 2.92. The van der Waals surface area contributed by atoms with Crippen molar-refractivity contribution in [3.05, 3.63) is 23.3 Å². The van der Waals surface area contributed by atoms with Crippen molar-refractivity contribution in [2.24, 2.45) is 0 Å². The smallest absolute Gasteiger partial charge is 1.00 e. The molecule has 0 nitrogen and oxygen atoms in total. The average Bonchev–Trinajstić information content (AvgIpc) is 1.79. The van der Waals surface area contributed by atoms with Crippen LogP contribution >= 0.6 is 0 Å². The zero-order chi connectivity index (χ0) is 7.07. The summed E-state index contributed by atoms with van der Waals surface area (Å²) in [6.45, 7) is 6.66. The van der Waals surface area contributed by atoms with Gasteiger partial charge >= 0.3 is 71.9 Å². The van der Waals surface area contributed by atoms with Gasteiger partial charge in [0.1, 0.15) is 0 Å². The molecule has 0 saturated heterocycles. The van der Waals surface area contributed by atoms with E-state index in [4.69, 9.17) is 0 Å². The van der Waals surface area contributed by atoms with Gasteiger partial charge in [0, 0.05) is 0 Å². The maximum Gasteiger partial charge on any atom is -1.00 e. The van der Waals surface area contributed by atoms with Crippen molar-refractivity contribution in [1.29, 1.82) is 0 Å². The van der Waals surface area contributed by atoms with E-state index >= 15 is 0 Å². The zero-order valence-electron chi connectivity index (χ0n) is 6.91. The molecule has 0 heterocycles. The molecule has 61 valence electrons. The molecule has 0 fully saturated rings. The van der Waals surface area contributed by atoms with Crippen LogP contribution in [0.4, 0.5) is 0 Å². The van der Waals surface area contributed by atoms with Gasteiger partial charge < -0.3 is 24.8 Å². The summed E-state index contributed by atoms with van der Waals surface area (Å²) in [4.78, 5) is 0. The van der Waals surface area contributed by atoms with Gasteiger partial charge in [0.15, 0.2) is 0 Å². The molecule has 0 aromatic carbocycles. The molecule has 0 aromatic rings. The van der Waals surface area contributed by atoms with E-state index in [1.807, 2.05) is 0 Å². The second-order valence-corrected chi connectivity index (χ2v) is 5.47. The number of allylic oxidation sites excluding steroid dienone is 4. The van der Waals surface area contributed by atoms with Crippen molar-refractivity contribution in [3.63, 3.8) is 0 Å². The van der Waals surface area contributed by atoms with Gasteiger partial charge in [-0.15, -0.1) is 0 Å². The Morgan fingerprint density at radius 3 is 1.82 bits per heavy atom. The molecular formula is C8H11Cl2Zr. The molecule has 0 N–H and O–H groups in total. The molecule has 1 unspecified atom stereocenters. The summed E-state index contributed by atoms with van der Waals surface area (Å²) < 4.78 is 0.413. The van der Waals surface area contributed by atoms with E-state index in [0.717, 1.165) is 0 Å². The molecule has 1 aliphatic rings. The van der Waals surface area contributed by atoms with Crippen molar-refractivity contribution >= 4 is 0 Å². The van der Waals surface area contributed by atoms with Crippen LogP contribution in [0, 0.1) is 0 Å². The second kappa shape index (κ2) is 4.85. The quantitative estimate of drug-likeness (QED) is 0.431. The van der Waals surface area contributed by atoms with E-state index < -0.39 is 0 Å². The number of halogens is 2. The summed E-state index contributed by atoms with van der Waals surface area (Å²) >= 11 is 1.59. The van der Waals surface area contributed by atoms with Gasteiger partial charge in [0.25, 0.3) is 0 Å². The average molecular weight is 269 g/mol. The summed E-state index contributed by atoms with van der Waals surface area (Å²) in [5.74, 6) is 0. The van der Waals surface area contributed by atoms with Crippen LogP contribution in [0.1, 0.15) is 20.8 Å². The predicted octanol–water partition coefficient (Wildman–Crippen LogP) is -3.37. The maximum atomic E-state index is 2.35. The van der Waals surface area contributed by atoms with E-state index in [-0.39, 0.29) is 24.8 Å². The zero-order valence-corrected chi connectivity index (χ0v) is 10.9. The summed E-state index contributed by atoms with van der Waals surface area (Å²) in [6.07, 6.45) is 4.62. The Morgan fingerprint density at radius 2 is 1.73 bits per heavy atom. The number of rotatable bonds is 0. The third-order valence-corrected chi connectivity index (χ3v) is 3.10. The number of hydrogen-bond acceptors (Lipinski definition) is 0. The first kappa shape index (κ1) is 14.5. The third kappa shape index (κ3) is 3.44. The molecule has 0 aliphatic heterocycles. The van der Waals surface area contributed by atoms with E-state index in [9.17, 15) is 0 Å². The molecule has 1 aliphatic carbocycles. The summed E-state index contributed by atoms with van der Waals surface area (Å²) in [6, 6.07) is 0. The topological polar surface area (TPSA) is 0 Å². The summed E-state index contributed by atoms with van der Waals surface area (Å²) in [5, 5.41) is 0. The Kier molecular flexibility index (Phi) is 6.37. The van der Waals surface area contributed by atoms with Gasteiger partial charge in [-0.05, 0) is 0 Å². The molecule has 0 aromatic heterocycles. The van der Waals surface area contributed by atoms with E-state index in [0.29, 0.717) is 3.12 Å². The van der Waals surface area contributed by atoms with Crippen LogP contribution in [0.2, 0.25) is 3.12 Å². The van der Waals surface area contributed by atoms with Crippen LogP contribution in [0.3, 0.4) is 0 Å². The third-order valence-electron chi connectivity index (χ3n) is 1.78. The molecule has 1 rings (SSSR count). The first-order chi connectivity index (χ1) is 4.02. The first-order valence-corrected chi connectivity index (χ1v) is 4.38. The Bertz CT molecular complexity index is 192. The largest absolute Gasteiger partial charge is 1.00 e. The fraction of sp³-hybridized carbons (Fsp3) is 0.500. The fourth-order valence-electron chi connectivity index (χ4n) is 1.10. The van der Waals surface area contributed by atoms with Crippen molar-refractivity contribution in [3.8, 4) is 0 Å². The normalized spacial score (nSPS) is 28.1. The van der Waals surface area contributed by atoms with E-state index in [1.54, 1.807) is 24.7 Å². The molecule has 0 saturated carbocycles. The summed E-state index contributed by atoms with van der Waals surface area (Å²) in [5.41, 5.74) is 2.94. The molecule has 1 atom stereocenters. The molecule has 0 spiro atoms. The van der Waals surface area contributed by atoms with Crippen molar-refractivity contribution in [1.82, 2.24) is 0 Å². The monoisotopic (exact) mass is 267 g/mol. The van der Waals surface area contributed by atoms with Gasteiger partial charge in [0.2, 0.25) is 0 Å². The van der Waals surface area contributed by atoms with E-state index in [1.165, 1.54) is 11.1 Å². The van der Waals surface area contributed by atoms with Crippen LogP contribution in [0.5, 0.6) is 0 Å². The van der Waals surface area contributed by atoms with Gasteiger partial charge in [-0.2, -0.15) is 0 Å². The fourth-order valence-corrected chi connectivity index (χ4v) is 1.84. The molecule has 11 heavy (non-hydrogen) atoms. The van der Waals surface area contributed by atoms with Gasteiger partial charge in [0.05, 0.1) is 0 Å². The van der Waals surface area contributed by atoms with Gasteiger partial charge in [-0.25, -0.2) is 0 Å². The minimum Gasteiger partial charge on any atom is -1.00 e. The van der Waals surface area contributed by atoms with Crippen LogP contribution in [-0.2, 0) is 24.7 Å². The number of hydrogen-bond donors (Lipinski definition) is 0. The Hall–Kier alpha value is 0.943. The SMILES string of the molecule is CC1=C[C](C)([Zr+2])C(C)=C1.[Cl-].[Cl-].